The Morgan fingerprint density at radius 2 is 1.97 bits per heavy atom. The Hall–Kier alpha value is -2.93. The summed E-state index contributed by atoms with van der Waals surface area (Å²) in [6, 6.07) is 12.5. The van der Waals surface area contributed by atoms with Crippen LogP contribution in [0, 0.1) is 19.7 Å². The molecule has 0 spiro atoms. The lowest BCUT2D eigenvalue weighted by molar-refractivity contribution is 0.557. The van der Waals surface area contributed by atoms with Crippen LogP contribution in [0.3, 0.4) is 0 Å². The maximum Gasteiger partial charge on any atom is 0.336 e. The number of fused-ring (bicyclic) bond motifs is 1. The molecule has 0 saturated heterocycles. The first kappa shape index (κ1) is 19.1. The SMILES string of the molecule is Cc1ccc2c(CSc3nnc(-c4ccccc4F)n3C3CC3)cc(=O)oc2c1C. The first-order valence-electron chi connectivity index (χ1n) is 9.88. The molecule has 0 N–H and O–H groups in total. The fourth-order valence-corrected chi connectivity index (χ4v) is 4.65. The lowest BCUT2D eigenvalue weighted by Crippen LogP contribution is -2.03. The summed E-state index contributed by atoms with van der Waals surface area (Å²) >= 11 is 1.51. The zero-order valence-electron chi connectivity index (χ0n) is 16.7. The molecule has 0 amide bonds. The van der Waals surface area contributed by atoms with Crippen molar-refractivity contribution in [3.05, 3.63) is 75.4 Å². The Labute approximate surface area is 176 Å². The van der Waals surface area contributed by atoms with E-state index in [-0.39, 0.29) is 11.4 Å². The van der Waals surface area contributed by atoms with E-state index in [2.05, 4.69) is 10.2 Å². The standard InChI is InChI=1S/C23H20FN3O2S/c1-13-7-10-17-15(11-20(28)29-21(17)14(13)2)12-30-23-26-25-22(27(23)16-8-9-16)18-5-3-4-6-19(18)24/h3-7,10-11,16H,8-9,12H2,1-2H3. The highest BCUT2D eigenvalue weighted by atomic mass is 32.2. The number of thioether (sulfide) groups is 1. The van der Waals surface area contributed by atoms with E-state index in [1.54, 1.807) is 24.3 Å². The smallest absolute Gasteiger partial charge is 0.336 e. The summed E-state index contributed by atoms with van der Waals surface area (Å²) in [7, 11) is 0. The molecule has 2 aromatic carbocycles. The van der Waals surface area contributed by atoms with Gasteiger partial charge in [-0.2, -0.15) is 0 Å². The van der Waals surface area contributed by atoms with E-state index in [1.165, 1.54) is 17.8 Å². The van der Waals surface area contributed by atoms with E-state index in [0.717, 1.165) is 40.1 Å². The van der Waals surface area contributed by atoms with Gasteiger partial charge in [-0.05, 0) is 55.5 Å². The van der Waals surface area contributed by atoms with Gasteiger partial charge in [-0.3, -0.25) is 4.57 Å². The van der Waals surface area contributed by atoms with Crippen molar-refractivity contribution in [2.24, 2.45) is 0 Å². The molecule has 2 heterocycles. The van der Waals surface area contributed by atoms with E-state index >= 15 is 0 Å². The Balaban J connectivity index is 1.52. The molecule has 5 nitrogen and oxygen atoms in total. The molecule has 30 heavy (non-hydrogen) atoms. The molecule has 4 aromatic rings. The van der Waals surface area contributed by atoms with Gasteiger partial charge in [-0.25, -0.2) is 9.18 Å². The maximum atomic E-state index is 14.4. The van der Waals surface area contributed by atoms with Crippen molar-refractivity contribution in [1.29, 1.82) is 0 Å². The summed E-state index contributed by atoms with van der Waals surface area (Å²) in [5, 5.41) is 10.3. The van der Waals surface area contributed by atoms with Crippen LogP contribution in [-0.2, 0) is 5.75 Å². The van der Waals surface area contributed by atoms with Crippen molar-refractivity contribution in [2.75, 3.05) is 0 Å². The summed E-state index contributed by atoms with van der Waals surface area (Å²) < 4.78 is 21.9. The second kappa shape index (κ2) is 7.40. The van der Waals surface area contributed by atoms with E-state index in [1.807, 2.05) is 30.5 Å². The van der Waals surface area contributed by atoms with Crippen LogP contribution in [0.2, 0.25) is 0 Å². The summed E-state index contributed by atoms with van der Waals surface area (Å²) in [5.74, 6) is 0.801. The molecule has 5 rings (SSSR count). The van der Waals surface area contributed by atoms with Crippen molar-refractivity contribution >= 4 is 22.7 Å². The molecule has 0 unspecified atom stereocenters. The van der Waals surface area contributed by atoms with Crippen LogP contribution in [0.5, 0.6) is 0 Å². The van der Waals surface area contributed by atoms with Gasteiger partial charge in [0.1, 0.15) is 11.4 Å². The molecule has 2 aromatic heterocycles. The van der Waals surface area contributed by atoms with Crippen molar-refractivity contribution < 1.29 is 8.81 Å². The van der Waals surface area contributed by atoms with Gasteiger partial charge in [0.15, 0.2) is 11.0 Å². The van der Waals surface area contributed by atoms with Gasteiger partial charge in [0.05, 0.1) is 5.56 Å². The molecule has 1 aliphatic rings. The van der Waals surface area contributed by atoms with Crippen LogP contribution in [-0.4, -0.2) is 14.8 Å². The lowest BCUT2D eigenvalue weighted by atomic mass is 10.0. The van der Waals surface area contributed by atoms with Crippen LogP contribution in [0.25, 0.3) is 22.4 Å². The summed E-state index contributed by atoms with van der Waals surface area (Å²) in [4.78, 5) is 12.1. The second-order valence-corrected chi connectivity index (χ2v) is 8.59. The third-order valence-electron chi connectivity index (χ3n) is 5.57. The van der Waals surface area contributed by atoms with Gasteiger partial charge in [0.25, 0.3) is 0 Å². The Bertz CT molecular complexity index is 1320. The molecule has 152 valence electrons. The number of halogens is 1. The van der Waals surface area contributed by atoms with Crippen LogP contribution in [0.15, 0.2) is 56.8 Å². The molecular formula is C23H20FN3O2S. The van der Waals surface area contributed by atoms with Crippen LogP contribution in [0.4, 0.5) is 4.39 Å². The minimum atomic E-state index is -0.359. The molecular weight excluding hydrogens is 401 g/mol. The third kappa shape index (κ3) is 3.33. The molecule has 1 saturated carbocycles. The third-order valence-corrected chi connectivity index (χ3v) is 6.56. The number of aromatic nitrogens is 3. The number of benzene rings is 2. The number of hydrogen-bond acceptors (Lipinski definition) is 5. The predicted molar refractivity (Wildman–Crippen MR) is 115 cm³/mol. The molecule has 0 radical (unpaired) electrons. The first-order chi connectivity index (χ1) is 14.5. The molecule has 0 bridgehead atoms. The quantitative estimate of drug-likeness (QED) is 0.317. The van der Waals surface area contributed by atoms with Crippen molar-refractivity contribution in [1.82, 2.24) is 14.8 Å². The molecule has 0 aliphatic heterocycles. The van der Waals surface area contributed by atoms with E-state index in [4.69, 9.17) is 4.42 Å². The van der Waals surface area contributed by atoms with Crippen LogP contribution in [0.1, 0.15) is 35.6 Å². The predicted octanol–water partition coefficient (Wildman–Crippen LogP) is 5.43. The fraction of sp³-hybridized carbons (Fsp3) is 0.261. The van der Waals surface area contributed by atoms with Gasteiger partial charge in [0.2, 0.25) is 0 Å². The number of nitrogens with zero attached hydrogens (tertiary/aromatic N) is 3. The zero-order chi connectivity index (χ0) is 20.8. The van der Waals surface area contributed by atoms with Gasteiger partial charge in [0, 0.05) is 23.2 Å². The average molecular weight is 421 g/mol. The second-order valence-electron chi connectivity index (χ2n) is 7.65. The highest BCUT2D eigenvalue weighted by Gasteiger charge is 2.31. The highest BCUT2D eigenvalue weighted by Crippen LogP contribution is 2.42. The van der Waals surface area contributed by atoms with Gasteiger partial charge >= 0.3 is 5.63 Å². The van der Waals surface area contributed by atoms with Crippen molar-refractivity contribution in [3.63, 3.8) is 0 Å². The van der Waals surface area contributed by atoms with Gasteiger partial charge in [-0.1, -0.05) is 36.0 Å². The molecule has 0 atom stereocenters. The molecule has 1 fully saturated rings. The summed E-state index contributed by atoms with van der Waals surface area (Å²) in [6.07, 6.45) is 2.06. The minimum Gasteiger partial charge on any atom is -0.422 e. The number of hydrogen-bond donors (Lipinski definition) is 0. The Kier molecular flexibility index (Phi) is 4.70. The van der Waals surface area contributed by atoms with E-state index in [0.29, 0.717) is 28.8 Å². The highest BCUT2D eigenvalue weighted by molar-refractivity contribution is 7.98. The fourth-order valence-electron chi connectivity index (χ4n) is 3.65. The van der Waals surface area contributed by atoms with Crippen molar-refractivity contribution in [2.45, 2.75) is 43.6 Å². The van der Waals surface area contributed by atoms with E-state index in [9.17, 15) is 9.18 Å². The van der Waals surface area contributed by atoms with Gasteiger partial charge < -0.3 is 4.42 Å². The Morgan fingerprint density at radius 1 is 1.17 bits per heavy atom. The average Bonchev–Trinajstić information content (AvgIpc) is 3.49. The maximum absolute atomic E-state index is 14.4. The number of rotatable bonds is 5. The first-order valence-corrected chi connectivity index (χ1v) is 10.9. The van der Waals surface area contributed by atoms with E-state index < -0.39 is 0 Å². The largest absolute Gasteiger partial charge is 0.422 e. The minimum absolute atomic E-state index is 0.291. The molecule has 1 aliphatic carbocycles. The topological polar surface area (TPSA) is 60.9 Å². The summed E-state index contributed by atoms with van der Waals surface area (Å²) in [6.45, 7) is 3.96. The molecule has 7 heteroatoms. The Morgan fingerprint density at radius 3 is 2.73 bits per heavy atom. The lowest BCUT2D eigenvalue weighted by Gasteiger charge is -2.11. The monoisotopic (exact) mass is 421 g/mol. The van der Waals surface area contributed by atoms with Crippen LogP contribution >= 0.6 is 11.8 Å². The van der Waals surface area contributed by atoms with Crippen molar-refractivity contribution in [3.8, 4) is 11.4 Å². The van der Waals surface area contributed by atoms with Crippen LogP contribution < -0.4 is 5.63 Å². The summed E-state index contributed by atoms with van der Waals surface area (Å²) in [5.41, 5.74) is 3.68. The van der Waals surface area contributed by atoms with Gasteiger partial charge in [-0.15, -0.1) is 10.2 Å². The normalized spacial score (nSPS) is 13.8. The zero-order valence-corrected chi connectivity index (χ0v) is 17.5. The number of aryl methyl sites for hydroxylation is 2.